The van der Waals surface area contributed by atoms with Crippen molar-refractivity contribution in [1.29, 1.82) is 0 Å². The Hall–Kier alpha value is -7.57. The molecule has 0 unspecified atom stereocenters. The average Bonchev–Trinajstić information content (AvgIpc) is 3.74. The van der Waals surface area contributed by atoms with E-state index in [4.69, 9.17) is 15.0 Å². The Morgan fingerprint density at radius 1 is 0.379 bits per heavy atom. The summed E-state index contributed by atoms with van der Waals surface area (Å²) < 4.78 is 2.37. The van der Waals surface area contributed by atoms with Crippen LogP contribution in [-0.2, 0) is 5.41 Å². The van der Waals surface area contributed by atoms with Crippen LogP contribution in [0.1, 0.15) is 25.0 Å². The summed E-state index contributed by atoms with van der Waals surface area (Å²) in [4.78, 5) is 22.9. The van der Waals surface area contributed by atoms with E-state index in [9.17, 15) is 0 Å². The lowest BCUT2D eigenvalue weighted by molar-refractivity contribution is 0.661. The van der Waals surface area contributed by atoms with Crippen LogP contribution in [0.4, 0.5) is 0 Å². The zero-order chi connectivity index (χ0) is 38.8. The van der Waals surface area contributed by atoms with Gasteiger partial charge in [-0.3, -0.25) is 9.97 Å². The third kappa shape index (κ3) is 5.52. The van der Waals surface area contributed by atoms with Gasteiger partial charge in [0.15, 0.2) is 17.5 Å². The van der Waals surface area contributed by atoms with E-state index < -0.39 is 0 Å². The highest BCUT2D eigenvalue weighted by Crippen LogP contribution is 2.51. The molecule has 0 radical (unpaired) electrons. The lowest BCUT2D eigenvalue weighted by Gasteiger charge is -2.22. The Morgan fingerprint density at radius 2 is 0.828 bits per heavy atom. The molecule has 6 nitrogen and oxygen atoms in total. The van der Waals surface area contributed by atoms with Gasteiger partial charge in [-0.15, -0.1) is 0 Å². The monoisotopic (exact) mass is 744 g/mol. The van der Waals surface area contributed by atoms with Crippen LogP contribution in [0.3, 0.4) is 0 Å². The molecule has 4 heterocycles. The molecule has 0 aliphatic heterocycles. The van der Waals surface area contributed by atoms with E-state index in [1.165, 1.54) is 66.4 Å². The van der Waals surface area contributed by atoms with Gasteiger partial charge in [-0.05, 0) is 111 Å². The third-order valence-electron chi connectivity index (χ3n) is 11.7. The van der Waals surface area contributed by atoms with Crippen molar-refractivity contribution in [1.82, 2.24) is 29.5 Å². The van der Waals surface area contributed by atoms with Crippen LogP contribution in [0.25, 0.3) is 95.0 Å². The predicted molar refractivity (Wildman–Crippen MR) is 234 cm³/mol. The molecule has 6 aromatic carbocycles. The first-order chi connectivity index (χ1) is 28.5. The fourth-order valence-corrected chi connectivity index (χ4v) is 8.68. The standard InChI is InChI=1S/C52H36N6/c1-52(2)45-31-38(33-12-14-34(15-13-33)49-55-50(35-22-26-53-27-23-35)57-51(56-49)36-24-28-54-29-25-36)16-19-41(45)42-20-17-39(32-46(42)52)37-18-21-48-44(30-37)43-10-6-7-11-47(43)58(48)40-8-4-3-5-9-40/h3-32H,1-2H3. The second-order valence-corrected chi connectivity index (χ2v) is 15.4. The number of nitrogens with zero attached hydrogens (tertiary/aromatic N) is 6. The molecule has 11 rings (SSSR count). The van der Waals surface area contributed by atoms with Crippen molar-refractivity contribution in [2.24, 2.45) is 0 Å². The minimum absolute atomic E-state index is 0.179. The van der Waals surface area contributed by atoms with Gasteiger partial charge in [-0.1, -0.05) is 105 Å². The fourth-order valence-electron chi connectivity index (χ4n) is 8.68. The van der Waals surface area contributed by atoms with E-state index >= 15 is 0 Å². The van der Waals surface area contributed by atoms with Gasteiger partial charge in [0.1, 0.15) is 0 Å². The van der Waals surface area contributed by atoms with E-state index in [-0.39, 0.29) is 5.41 Å². The maximum absolute atomic E-state index is 4.90. The largest absolute Gasteiger partial charge is 0.309 e. The van der Waals surface area contributed by atoms with Crippen molar-refractivity contribution >= 4 is 21.8 Å². The average molecular weight is 745 g/mol. The van der Waals surface area contributed by atoms with E-state index in [0.29, 0.717) is 17.5 Å². The van der Waals surface area contributed by atoms with Gasteiger partial charge in [0.25, 0.3) is 0 Å². The van der Waals surface area contributed by atoms with Gasteiger partial charge in [0.05, 0.1) is 11.0 Å². The fraction of sp³-hybridized carbons (Fsp3) is 0.0577. The SMILES string of the molecule is CC1(C)c2cc(-c3ccc(-c4nc(-c5ccncc5)nc(-c5ccncc5)n4)cc3)ccc2-c2ccc(-c3ccc4c(c3)c3ccccc3n4-c3ccccc3)cc21. The van der Waals surface area contributed by atoms with Gasteiger partial charge < -0.3 is 4.57 Å². The number of aromatic nitrogens is 6. The molecule has 274 valence electrons. The molecule has 0 saturated heterocycles. The van der Waals surface area contributed by atoms with E-state index in [0.717, 1.165) is 22.3 Å². The summed E-state index contributed by atoms with van der Waals surface area (Å²) in [6.45, 7) is 4.71. The molecule has 1 aliphatic carbocycles. The molecule has 58 heavy (non-hydrogen) atoms. The van der Waals surface area contributed by atoms with Gasteiger partial charge in [-0.2, -0.15) is 0 Å². The van der Waals surface area contributed by atoms with Crippen molar-refractivity contribution in [3.63, 3.8) is 0 Å². The molecular weight excluding hydrogens is 709 g/mol. The molecule has 10 aromatic rings. The van der Waals surface area contributed by atoms with Crippen LogP contribution in [0, 0.1) is 0 Å². The topological polar surface area (TPSA) is 69.4 Å². The number of hydrogen-bond acceptors (Lipinski definition) is 5. The quantitative estimate of drug-likeness (QED) is 0.170. The highest BCUT2D eigenvalue weighted by Gasteiger charge is 2.36. The number of pyridine rings is 2. The minimum Gasteiger partial charge on any atom is -0.309 e. The Kier molecular flexibility index (Phi) is 7.73. The zero-order valence-corrected chi connectivity index (χ0v) is 32.0. The molecule has 0 fully saturated rings. The Bertz CT molecular complexity index is 3110. The molecule has 6 heteroatoms. The summed E-state index contributed by atoms with van der Waals surface area (Å²) >= 11 is 0. The molecule has 0 spiro atoms. The van der Waals surface area contributed by atoms with Crippen molar-refractivity contribution in [2.75, 3.05) is 0 Å². The van der Waals surface area contributed by atoms with E-state index in [1.54, 1.807) is 24.8 Å². The molecule has 0 atom stereocenters. The van der Waals surface area contributed by atoms with Crippen LogP contribution >= 0.6 is 0 Å². The van der Waals surface area contributed by atoms with Gasteiger partial charge >= 0.3 is 0 Å². The summed E-state index contributed by atoms with van der Waals surface area (Å²) in [5.74, 6) is 1.81. The van der Waals surface area contributed by atoms with Crippen LogP contribution in [0.5, 0.6) is 0 Å². The second kappa shape index (κ2) is 13.3. The zero-order valence-electron chi connectivity index (χ0n) is 32.0. The van der Waals surface area contributed by atoms with Gasteiger partial charge in [-0.25, -0.2) is 15.0 Å². The molecule has 0 N–H and O–H groups in total. The van der Waals surface area contributed by atoms with Crippen molar-refractivity contribution in [3.8, 4) is 73.2 Å². The molecule has 4 aromatic heterocycles. The highest BCUT2D eigenvalue weighted by atomic mass is 15.0. The number of rotatable bonds is 6. The Balaban J connectivity index is 0.925. The first-order valence-electron chi connectivity index (χ1n) is 19.6. The number of benzene rings is 6. The number of hydrogen-bond donors (Lipinski definition) is 0. The van der Waals surface area contributed by atoms with Crippen LogP contribution in [0.15, 0.2) is 183 Å². The maximum Gasteiger partial charge on any atom is 0.164 e. The predicted octanol–water partition coefficient (Wildman–Crippen LogP) is 12.4. The van der Waals surface area contributed by atoms with Gasteiger partial charge in [0.2, 0.25) is 0 Å². The first-order valence-corrected chi connectivity index (χ1v) is 19.6. The van der Waals surface area contributed by atoms with Crippen LogP contribution in [0.2, 0.25) is 0 Å². The molecule has 1 aliphatic rings. The van der Waals surface area contributed by atoms with Crippen LogP contribution < -0.4 is 0 Å². The smallest absolute Gasteiger partial charge is 0.164 e. The van der Waals surface area contributed by atoms with Crippen molar-refractivity contribution < 1.29 is 0 Å². The minimum atomic E-state index is -0.179. The lowest BCUT2D eigenvalue weighted by Crippen LogP contribution is -2.15. The van der Waals surface area contributed by atoms with E-state index in [1.807, 2.05) is 24.3 Å². The first kappa shape index (κ1) is 33.7. The van der Waals surface area contributed by atoms with Gasteiger partial charge in [0, 0.05) is 63.4 Å². The summed E-state index contributed by atoms with van der Waals surface area (Å²) in [5, 5.41) is 2.52. The number of para-hydroxylation sites is 2. The third-order valence-corrected chi connectivity index (χ3v) is 11.7. The Labute approximate surface area is 336 Å². The Morgan fingerprint density at radius 3 is 1.43 bits per heavy atom. The maximum atomic E-state index is 4.90. The lowest BCUT2D eigenvalue weighted by atomic mass is 9.81. The molecule has 0 amide bonds. The summed E-state index contributed by atoms with van der Waals surface area (Å²) in [5.41, 5.74) is 16.2. The summed E-state index contributed by atoms with van der Waals surface area (Å²) in [7, 11) is 0. The van der Waals surface area contributed by atoms with E-state index in [2.05, 4.69) is 162 Å². The van der Waals surface area contributed by atoms with Crippen LogP contribution in [-0.4, -0.2) is 29.5 Å². The summed E-state index contributed by atoms with van der Waals surface area (Å²) in [6, 6.07) is 56.4. The molecule has 0 bridgehead atoms. The second-order valence-electron chi connectivity index (χ2n) is 15.4. The van der Waals surface area contributed by atoms with Crippen molar-refractivity contribution in [3.05, 3.63) is 194 Å². The van der Waals surface area contributed by atoms with Crippen molar-refractivity contribution in [2.45, 2.75) is 19.3 Å². The molecular formula is C52H36N6. The normalized spacial score (nSPS) is 12.8. The summed E-state index contributed by atoms with van der Waals surface area (Å²) in [6.07, 6.45) is 7.01. The highest BCUT2D eigenvalue weighted by molar-refractivity contribution is 6.10. The molecule has 0 saturated carbocycles. The number of fused-ring (bicyclic) bond motifs is 6.